The van der Waals surface area contributed by atoms with Gasteiger partial charge in [0.1, 0.15) is 0 Å². The highest BCUT2D eigenvalue weighted by Crippen LogP contribution is 2.19. The van der Waals surface area contributed by atoms with E-state index in [0.717, 1.165) is 5.56 Å². The van der Waals surface area contributed by atoms with Crippen LogP contribution in [0.1, 0.15) is 25.3 Å². The minimum absolute atomic E-state index is 0.0226. The molecule has 0 bridgehead atoms. The van der Waals surface area contributed by atoms with E-state index in [-0.39, 0.29) is 13.2 Å². The lowest BCUT2D eigenvalue weighted by Crippen LogP contribution is -2.53. The van der Waals surface area contributed by atoms with Crippen LogP contribution < -0.4 is 5.32 Å². The first-order chi connectivity index (χ1) is 9.99. The third kappa shape index (κ3) is 3.72. The van der Waals surface area contributed by atoms with Crippen molar-refractivity contribution in [1.82, 2.24) is 4.90 Å². The van der Waals surface area contributed by atoms with Crippen molar-refractivity contribution in [2.45, 2.75) is 25.8 Å². The fourth-order valence-electron chi connectivity index (χ4n) is 2.22. The average Bonchev–Trinajstić information content (AvgIpc) is 2.47. The molecular formula is C15H20N2O4. The molecule has 21 heavy (non-hydrogen) atoms. The first-order valence-corrected chi connectivity index (χ1v) is 6.97. The van der Waals surface area contributed by atoms with Crippen LogP contribution in [-0.4, -0.2) is 47.8 Å². The minimum Gasteiger partial charge on any atom is -0.480 e. The van der Waals surface area contributed by atoms with Gasteiger partial charge in [0.15, 0.2) is 6.04 Å². The van der Waals surface area contributed by atoms with Crippen molar-refractivity contribution in [2.24, 2.45) is 0 Å². The molecule has 1 aliphatic rings. The lowest BCUT2D eigenvalue weighted by molar-refractivity contribution is -0.147. The maximum atomic E-state index is 12.3. The molecule has 1 aromatic rings. The summed E-state index contributed by atoms with van der Waals surface area (Å²) in [6.07, 6.45) is 0. The maximum absolute atomic E-state index is 12.3. The number of hydrogen-bond donors (Lipinski definition) is 2. The Hall–Kier alpha value is -2.08. The van der Waals surface area contributed by atoms with E-state index in [4.69, 9.17) is 9.84 Å². The predicted octanol–water partition coefficient (Wildman–Crippen LogP) is 2.13. The summed E-state index contributed by atoms with van der Waals surface area (Å²) in [6, 6.07) is 6.21. The second-order valence-electron chi connectivity index (χ2n) is 5.33. The Morgan fingerprint density at radius 3 is 2.86 bits per heavy atom. The molecule has 1 aromatic carbocycles. The first-order valence-electron chi connectivity index (χ1n) is 6.97. The van der Waals surface area contributed by atoms with Crippen LogP contribution >= 0.6 is 0 Å². The zero-order chi connectivity index (χ0) is 15.4. The normalized spacial score (nSPS) is 18.6. The van der Waals surface area contributed by atoms with Gasteiger partial charge in [0.25, 0.3) is 0 Å². The van der Waals surface area contributed by atoms with Gasteiger partial charge in [-0.2, -0.15) is 0 Å². The van der Waals surface area contributed by atoms with Crippen molar-refractivity contribution in [3.63, 3.8) is 0 Å². The van der Waals surface area contributed by atoms with Gasteiger partial charge in [0, 0.05) is 12.2 Å². The number of morpholine rings is 1. The second kappa shape index (κ2) is 6.58. The molecule has 0 spiro atoms. The average molecular weight is 292 g/mol. The molecule has 1 unspecified atom stereocenters. The van der Waals surface area contributed by atoms with Crippen LogP contribution in [0.25, 0.3) is 0 Å². The standard InChI is InChI=1S/C15H20N2O4/c1-10(2)11-4-3-5-12(8-11)16-15(20)17-6-7-21-9-13(17)14(18)19/h3-5,8,10,13H,6-7,9H2,1-2H3,(H,16,20)(H,18,19). The van der Waals surface area contributed by atoms with Gasteiger partial charge in [0.05, 0.1) is 13.2 Å². The Kier molecular flexibility index (Phi) is 4.80. The molecule has 1 aliphatic heterocycles. The largest absolute Gasteiger partial charge is 0.480 e. The zero-order valence-corrected chi connectivity index (χ0v) is 12.2. The van der Waals surface area contributed by atoms with Gasteiger partial charge in [-0.1, -0.05) is 26.0 Å². The van der Waals surface area contributed by atoms with Crippen LogP contribution in [0.2, 0.25) is 0 Å². The number of carbonyl (C=O) groups is 2. The molecule has 6 heteroatoms. The topological polar surface area (TPSA) is 78.9 Å². The Morgan fingerprint density at radius 1 is 1.43 bits per heavy atom. The molecule has 1 fully saturated rings. The number of nitrogens with zero attached hydrogens (tertiary/aromatic N) is 1. The van der Waals surface area contributed by atoms with Gasteiger partial charge >= 0.3 is 12.0 Å². The van der Waals surface area contributed by atoms with Crippen molar-refractivity contribution < 1.29 is 19.4 Å². The predicted molar refractivity (Wildman–Crippen MR) is 78.5 cm³/mol. The fraction of sp³-hybridized carbons (Fsp3) is 0.467. The van der Waals surface area contributed by atoms with E-state index in [1.807, 2.05) is 18.2 Å². The molecular weight excluding hydrogens is 272 g/mol. The van der Waals surface area contributed by atoms with E-state index >= 15 is 0 Å². The summed E-state index contributed by atoms with van der Waals surface area (Å²) in [5.41, 5.74) is 1.78. The van der Waals surface area contributed by atoms with Gasteiger partial charge in [-0.05, 0) is 23.6 Å². The number of carboxylic acid groups (broad SMARTS) is 1. The number of benzene rings is 1. The van der Waals surface area contributed by atoms with Crippen molar-refractivity contribution in [2.75, 3.05) is 25.1 Å². The fourth-order valence-corrected chi connectivity index (χ4v) is 2.22. The summed E-state index contributed by atoms with van der Waals surface area (Å²) >= 11 is 0. The molecule has 0 saturated carbocycles. The first kappa shape index (κ1) is 15.3. The van der Waals surface area contributed by atoms with Crippen molar-refractivity contribution in [3.8, 4) is 0 Å². The SMILES string of the molecule is CC(C)c1cccc(NC(=O)N2CCOCC2C(=O)O)c1. The number of nitrogens with one attached hydrogen (secondary N) is 1. The summed E-state index contributed by atoms with van der Waals surface area (Å²) in [5.74, 6) is -0.696. The number of ether oxygens (including phenoxy) is 1. The summed E-state index contributed by atoms with van der Waals surface area (Å²) in [6.45, 7) is 4.79. The summed E-state index contributed by atoms with van der Waals surface area (Å²) in [4.78, 5) is 24.7. The number of carboxylic acids is 1. The summed E-state index contributed by atoms with van der Waals surface area (Å²) < 4.78 is 5.12. The monoisotopic (exact) mass is 292 g/mol. The quantitative estimate of drug-likeness (QED) is 0.894. The number of aliphatic carboxylic acids is 1. The third-order valence-electron chi connectivity index (χ3n) is 3.48. The van der Waals surface area contributed by atoms with Gasteiger partial charge in [-0.25, -0.2) is 9.59 Å². The molecule has 0 radical (unpaired) electrons. The van der Waals surface area contributed by atoms with Gasteiger partial charge in [-0.15, -0.1) is 0 Å². The molecule has 6 nitrogen and oxygen atoms in total. The third-order valence-corrected chi connectivity index (χ3v) is 3.48. The number of amides is 2. The van der Waals surface area contributed by atoms with Gasteiger partial charge < -0.3 is 20.1 Å². The van der Waals surface area contributed by atoms with E-state index < -0.39 is 18.0 Å². The second-order valence-corrected chi connectivity index (χ2v) is 5.33. The van der Waals surface area contributed by atoms with Gasteiger partial charge in [-0.3, -0.25) is 0 Å². The minimum atomic E-state index is -1.05. The van der Waals surface area contributed by atoms with Gasteiger partial charge in [0.2, 0.25) is 0 Å². The van der Waals surface area contributed by atoms with E-state index in [2.05, 4.69) is 19.2 Å². The van der Waals surface area contributed by atoms with Crippen LogP contribution in [0.4, 0.5) is 10.5 Å². The molecule has 2 N–H and O–H groups in total. The molecule has 2 amide bonds. The van der Waals surface area contributed by atoms with Crippen LogP contribution in [0.15, 0.2) is 24.3 Å². The molecule has 1 atom stereocenters. The molecule has 1 heterocycles. The van der Waals surface area contributed by atoms with Crippen LogP contribution in [0.3, 0.4) is 0 Å². The number of hydrogen-bond acceptors (Lipinski definition) is 3. The van der Waals surface area contributed by atoms with Crippen LogP contribution in [0, 0.1) is 0 Å². The number of anilines is 1. The number of urea groups is 1. The smallest absolute Gasteiger partial charge is 0.328 e. The maximum Gasteiger partial charge on any atom is 0.328 e. The van der Waals surface area contributed by atoms with E-state index in [1.54, 1.807) is 6.07 Å². The lowest BCUT2D eigenvalue weighted by Gasteiger charge is -2.32. The molecule has 2 rings (SSSR count). The van der Waals surface area contributed by atoms with E-state index in [0.29, 0.717) is 18.2 Å². The zero-order valence-electron chi connectivity index (χ0n) is 12.2. The number of carbonyl (C=O) groups excluding carboxylic acids is 1. The Bertz CT molecular complexity index is 530. The molecule has 114 valence electrons. The highest BCUT2D eigenvalue weighted by molar-refractivity contribution is 5.92. The lowest BCUT2D eigenvalue weighted by atomic mass is 10.0. The Balaban J connectivity index is 2.09. The van der Waals surface area contributed by atoms with Crippen molar-refractivity contribution >= 4 is 17.7 Å². The molecule has 0 aromatic heterocycles. The molecule has 1 saturated heterocycles. The van der Waals surface area contributed by atoms with Crippen LogP contribution in [0.5, 0.6) is 0 Å². The van der Waals surface area contributed by atoms with E-state index in [9.17, 15) is 9.59 Å². The molecule has 0 aliphatic carbocycles. The Labute approximate surface area is 123 Å². The van der Waals surface area contributed by atoms with Crippen molar-refractivity contribution in [3.05, 3.63) is 29.8 Å². The summed E-state index contributed by atoms with van der Waals surface area (Å²) in [7, 11) is 0. The Morgan fingerprint density at radius 2 is 2.19 bits per heavy atom. The summed E-state index contributed by atoms with van der Waals surface area (Å²) in [5, 5.41) is 11.9. The van der Waals surface area contributed by atoms with E-state index in [1.165, 1.54) is 4.90 Å². The number of rotatable bonds is 3. The highest BCUT2D eigenvalue weighted by Gasteiger charge is 2.32. The van der Waals surface area contributed by atoms with Crippen LogP contribution in [-0.2, 0) is 9.53 Å². The van der Waals surface area contributed by atoms with Crippen molar-refractivity contribution in [1.29, 1.82) is 0 Å². The highest BCUT2D eigenvalue weighted by atomic mass is 16.5.